The Morgan fingerprint density at radius 1 is 1.15 bits per heavy atom. The summed E-state index contributed by atoms with van der Waals surface area (Å²) in [5, 5.41) is 14.7. The van der Waals surface area contributed by atoms with Crippen LogP contribution in [0, 0.1) is 6.92 Å². The number of nitrogens with zero attached hydrogens (tertiary/aromatic N) is 7. The molecule has 132 valence electrons. The van der Waals surface area contributed by atoms with Crippen LogP contribution in [0.2, 0.25) is 0 Å². The van der Waals surface area contributed by atoms with Gasteiger partial charge in [0.2, 0.25) is 0 Å². The van der Waals surface area contributed by atoms with E-state index in [9.17, 15) is 0 Å². The fourth-order valence-electron chi connectivity index (χ4n) is 2.66. The number of aryl methyl sites for hydroxylation is 1. The van der Waals surface area contributed by atoms with E-state index in [1.807, 2.05) is 29.2 Å². The van der Waals surface area contributed by atoms with Gasteiger partial charge in [-0.1, -0.05) is 24.3 Å². The SMILES string of the molecule is CNc1nc(-c2nc(Cn3cncn3)nn2Cc2ccccc2C)cs1. The number of hydrogen-bond acceptors (Lipinski definition) is 7. The topological polar surface area (TPSA) is 86.3 Å². The molecule has 0 saturated carbocycles. The van der Waals surface area contributed by atoms with Crippen molar-refractivity contribution in [3.05, 3.63) is 59.3 Å². The number of anilines is 1. The van der Waals surface area contributed by atoms with Gasteiger partial charge in [0.25, 0.3) is 0 Å². The maximum atomic E-state index is 4.71. The van der Waals surface area contributed by atoms with Crippen molar-refractivity contribution in [2.75, 3.05) is 12.4 Å². The van der Waals surface area contributed by atoms with Crippen molar-refractivity contribution >= 4 is 16.5 Å². The highest BCUT2D eigenvalue weighted by molar-refractivity contribution is 7.14. The van der Waals surface area contributed by atoms with Crippen molar-refractivity contribution in [2.45, 2.75) is 20.0 Å². The number of aromatic nitrogens is 7. The van der Waals surface area contributed by atoms with Gasteiger partial charge in [-0.2, -0.15) is 10.2 Å². The van der Waals surface area contributed by atoms with Crippen molar-refractivity contribution in [3.63, 3.8) is 0 Å². The first-order chi connectivity index (χ1) is 12.7. The van der Waals surface area contributed by atoms with E-state index in [1.165, 1.54) is 17.5 Å². The molecule has 0 amide bonds. The van der Waals surface area contributed by atoms with E-state index >= 15 is 0 Å². The quantitative estimate of drug-likeness (QED) is 0.564. The predicted molar refractivity (Wildman–Crippen MR) is 100 cm³/mol. The molecule has 0 aliphatic rings. The van der Waals surface area contributed by atoms with Gasteiger partial charge in [-0.3, -0.25) is 0 Å². The molecule has 4 aromatic rings. The lowest BCUT2D eigenvalue weighted by atomic mass is 10.1. The second kappa shape index (κ2) is 7.04. The van der Waals surface area contributed by atoms with E-state index < -0.39 is 0 Å². The standard InChI is InChI=1S/C17H18N8S/c1-12-5-3-4-6-13(12)7-25-16(14-9-26-17(18-2)21-14)22-15(23-25)8-24-11-19-10-20-24/h3-6,9-11H,7-8H2,1-2H3,(H,18,21). The van der Waals surface area contributed by atoms with E-state index in [0.717, 1.165) is 16.6 Å². The number of nitrogens with one attached hydrogen (secondary N) is 1. The van der Waals surface area contributed by atoms with E-state index in [1.54, 1.807) is 22.3 Å². The molecule has 0 unspecified atom stereocenters. The van der Waals surface area contributed by atoms with Crippen LogP contribution in [0.1, 0.15) is 17.0 Å². The number of thiazole rings is 1. The van der Waals surface area contributed by atoms with Crippen LogP contribution in [-0.4, -0.2) is 41.6 Å². The average molecular weight is 366 g/mol. The summed E-state index contributed by atoms with van der Waals surface area (Å²) in [5.41, 5.74) is 3.24. The molecule has 0 aliphatic heterocycles. The molecule has 1 N–H and O–H groups in total. The summed E-state index contributed by atoms with van der Waals surface area (Å²) in [6.07, 6.45) is 3.16. The minimum Gasteiger partial charge on any atom is -0.365 e. The predicted octanol–water partition coefficient (Wildman–Crippen LogP) is 2.44. The number of hydrogen-bond donors (Lipinski definition) is 1. The molecule has 8 nitrogen and oxygen atoms in total. The number of benzene rings is 1. The van der Waals surface area contributed by atoms with E-state index in [4.69, 9.17) is 10.1 Å². The first-order valence-corrected chi connectivity index (χ1v) is 9.05. The highest BCUT2D eigenvalue weighted by Gasteiger charge is 2.16. The summed E-state index contributed by atoms with van der Waals surface area (Å²) in [5.74, 6) is 1.43. The fourth-order valence-corrected chi connectivity index (χ4v) is 3.31. The molecule has 0 aliphatic carbocycles. The zero-order chi connectivity index (χ0) is 17.9. The third-order valence-electron chi connectivity index (χ3n) is 4.01. The summed E-state index contributed by atoms with van der Waals surface area (Å²) in [6, 6.07) is 8.29. The average Bonchev–Trinajstić information content (AvgIpc) is 3.38. The van der Waals surface area contributed by atoms with Gasteiger partial charge < -0.3 is 5.32 Å². The molecule has 9 heteroatoms. The van der Waals surface area contributed by atoms with Gasteiger partial charge in [0.15, 0.2) is 16.8 Å². The Kier molecular flexibility index (Phi) is 4.44. The second-order valence-electron chi connectivity index (χ2n) is 5.82. The van der Waals surface area contributed by atoms with Crippen molar-refractivity contribution in [1.82, 2.24) is 34.5 Å². The normalized spacial score (nSPS) is 11.0. The fraction of sp³-hybridized carbons (Fsp3) is 0.235. The summed E-state index contributed by atoms with van der Waals surface area (Å²) in [7, 11) is 1.86. The van der Waals surface area contributed by atoms with Gasteiger partial charge in [0.05, 0.1) is 6.54 Å². The molecule has 26 heavy (non-hydrogen) atoms. The maximum Gasteiger partial charge on any atom is 0.183 e. The number of rotatable bonds is 6. The lowest BCUT2D eigenvalue weighted by Crippen LogP contribution is -2.07. The Morgan fingerprint density at radius 2 is 2.04 bits per heavy atom. The monoisotopic (exact) mass is 366 g/mol. The van der Waals surface area contributed by atoms with Crippen LogP contribution in [0.25, 0.3) is 11.5 Å². The minimum atomic E-state index is 0.469. The Bertz CT molecular complexity index is 1000. The largest absolute Gasteiger partial charge is 0.365 e. The smallest absolute Gasteiger partial charge is 0.183 e. The Hall–Kier alpha value is -3.07. The summed E-state index contributed by atoms with van der Waals surface area (Å²) in [6.45, 7) is 3.21. The van der Waals surface area contributed by atoms with Gasteiger partial charge in [0.1, 0.15) is 24.9 Å². The van der Waals surface area contributed by atoms with Crippen LogP contribution in [-0.2, 0) is 13.1 Å². The Balaban J connectivity index is 1.72. The van der Waals surface area contributed by atoms with Gasteiger partial charge in [-0.05, 0) is 18.1 Å². The molecule has 0 atom stereocenters. The maximum absolute atomic E-state index is 4.71. The van der Waals surface area contributed by atoms with Crippen LogP contribution in [0.15, 0.2) is 42.3 Å². The lowest BCUT2D eigenvalue weighted by molar-refractivity contribution is 0.625. The van der Waals surface area contributed by atoms with Gasteiger partial charge >= 0.3 is 0 Å². The zero-order valence-electron chi connectivity index (χ0n) is 14.5. The van der Waals surface area contributed by atoms with E-state index in [-0.39, 0.29) is 0 Å². The van der Waals surface area contributed by atoms with Crippen LogP contribution in [0.3, 0.4) is 0 Å². The summed E-state index contributed by atoms with van der Waals surface area (Å²) in [4.78, 5) is 13.3. The first-order valence-electron chi connectivity index (χ1n) is 8.17. The van der Waals surface area contributed by atoms with E-state index in [0.29, 0.717) is 18.9 Å². The molecule has 1 aromatic carbocycles. The molecule has 0 saturated heterocycles. The summed E-state index contributed by atoms with van der Waals surface area (Å²) >= 11 is 1.55. The highest BCUT2D eigenvalue weighted by atomic mass is 32.1. The van der Waals surface area contributed by atoms with Crippen molar-refractivity contribution < 1.29 is 0 Å². The molecule has 3 aromatic heterocycles. The molecule has 0 radical (unpaired) electrons. The summed E-state index contributed by atoms with van der Waals surface area (Å²) < 4.78 is 3.61. The van der Waals surface area contributed by atoms with Crippen molar-refractivity contribution in [1.29, 1.82) is 0 Å². The Morgan fingerprint density at radius 3 is 2.77 bits per heavy atom. The minimum absolute atomic E-state index is 0.469. The van der Waals surface area contributed by atoms with Crippen molar-refractivity contribution in [3.8, 4) is 11.5 Å². The third kappa shape index (κ3) is 3.33. The molecule has 0 fully saturated rings. The van der Waals surface area contributed by atoms with Gasteiger partial charge in [-0.15, -0.1) is 11.3 Å². The van der Waals surface area contributed by atoms with Crippen LogP contribution in [0.4, 0.5) is 5.13 Å². The third-order valence-corrected chi connectivity index (χ3v) is 4.87. The van der Waals surface area contributed by atoms with Crippen LogP contribution < -0.4 is 5.32 Å². The van der Waals surface area contributed by atoms with Gasteiger partial charge in [-0.25, -0.2) is 24.3 Å². The first kappa shape index (κ1) is 16.4. The van der Waals surface area contributed by atoms with Gasteiger partial charge in [0, 0.05) is 12.4 Å². The molecule has 4 rings (SSSR count). The molecule has 3 heterocycles. The van der Waals surface area contributed by atoms with Crippen molar-refractivity contribution in [2.24, 2.45) is 0 Å². The second-order valence-corrected chi connectivity index (χ2v) is 6.67. The van der Waals surface area contributed by atoms with Crippen LogP contribution in [0.5, 0.6) is 0 Å². The van der Waals surface area contributed by atoms with E-state index in [2.05, 4.69) is 39.4 Å². The lowest BCUT2D eigenvalue weighted by Gasteiger charge is -2.07. The zero-order valence-corrected chi connectivity index (χ0v) is 15.3. The Labute approximate surface area is 154 Å². The molecular formula is C17H18N8S. The highest BCUT2D eigenvalue weighted by Crippen LogP contribution is 2.24. The van der Waals surface area contributed by atoms with Crippen LogP contribution >= 0.6 is 11.3 Å². The molecular weight excluding hydrogens is 348 g/mol. The molecule has 0 spiro atoms. The molecule has 0 bridgehead atoms.